The fraction of sp³-hybridized carbons (Fsp3) is 0.278. The van der Waals surface area contributed by atoms with Gasteiger partial charge in [-0.3, -0.25) is 14.2 Å². The molecule has 3 rings (SSSR count). The minimum Gasteiger partial charge on any atom is -0.324 e. The standard InChI is InChI=1S/C18H21N5O/c1-13-9-15(3)23(21-13)11-16-5-4-6-17(10-16)20-18(24)12-22-14(2)7-8-19-22/h4-10H,11-12H2,1-3H3,(H,20,24). The number of carbonyl (C=O) groups is 1. The van der Waals surface area contributed by atoms with E-state index in [2.05, 4.69) is 21.6 Å². The van der Waals surface area contributed by atoms with Gasteiger partial charge < -0.3 is 5.32 Å². The Morgan fingerprint density at radius 3 is 2.58 bits per heavy atom. The Balaban J connectivity index is 1.68. The van der Waals surface area contributed by atoms with Gasteiger partial charge >= 0.3 is 0 Å². The normalized spacial score (nSPS) is 10.8. The van der Waals surface area contributed by atoms with Crippen LogP contribution >= 0.6 is 0 Å². The first-order valence-electron chi connectivity index (χ1n) is 7.89. The van der Waals surface area contributed by atoms with E-state index in [0.29, 0.717) is 6.54 Å². The lowest BCUT2D eigenvalue weighted by Gasteiger charge is -2.09. The van der Waals surface area contributed by atoms with Gasteiger partial charge in [0.1, 0.15) is 6.54 Å². The van der Waals surface area contributed by atoms with Crippen LogP contribution in [0.3, 0.4) is 0 Å². The van der Waals surface area contributed by atoms with Gasteiger partial charge in [-0.25, -0.2) is 0 Å². The van der Waals surface area contributed by atoms with Gasteiger partial charge in [-0.1, -0.05) is 12.1 Å². The van der Waals surface area contributed by atoms with E-state index in [-0.39, 0.29) is 12.5 Å². The van der Waals surface area contributed by atoms with Crippen molar-refractivity contribution in [2.24, 2.45) is 0 Å². The van der Waals surface area contributed by atoms with Crippen LogP contribution in [0.4, 0.5) is 5.69 Å². The number of rotatable bonds is 5. The number of hydrogen-bond donors (Lipinski definition) is 1. The summed E-state index contributed by atoms with van der Waals surface area (Å²) in [5.41, 5.74) is 4.96. The number of aromatic nitrogens is 4. The Bertz CT molecular complexity index is 862. The summed E-state index contributed by atoms with van der Waals surface area (Å²) in [4.78, 5) is 12.2. The average molecular weight is 323 g/mol. The highest BCUT2D eigenvalue weighted by molar-refractivity contribution is 5.90. The van der Waals surface area contributed by atoms with Crippen molar-refractivity contribution >= 4 is 11.6 Å². The maximum Gasteiger partial charge on any atom is 0.246 e. The predicted octanol–water partition coefficient (Wildman–Crippen LogP) is 2.69. The smallest absolute Gasteiger partial charge is 0.246 e. The molecule has 0 aliphatic rings. The maximum atomic E-state index is 12.2. The van der Waals surface area contributed by atoms with Crippen LogP contribution in [-0.4, -0.2) is 25.5 Å². The maximum absolute atomic E-state index is 12.2. The Morgan fingerprint density at radius 2 is 1.92 bits per heavy atom. The van der Waals surface area contributed by atoms with Gasteiger partial charge in [0.25, 0.3) is 0 Å². The van der Waals surface area contributed by atoms with Crippen LogP contribution in [0.2, 0.25) is 0 Å². The van der Waals surface area contributed by atoms with Gasteiger partial charge in [0.2, 0.25) is 5.91 Å². The van der Waals surface area contributed by atoms with E-state index in [0.717, 1.165) is 28.3 Å². The van der Waals surface area contributed by atoms with E-state index in [1.165, 1.54) is 0 Å². The summed E-state index contributed by atoms with van der Waals surface area (Å²) in [5.74, 6) is -0.0925. The highest BCUT2D eigenvalue weighted by atomic mass is 16.2. The second-order valence-corrected chi connectivity index (χ2v) is 5.96. The first-order chi connectivity index (χ1) is 11.5. The molecule has 0 radical (unpaired) electrons. The first kappa shape index (κ1) is 16.0. The number of hydrogen-bond acceptors (Lipinski definition) is 3. The summed E-state index contributed by atoms with van der Waals surface area (Å²) in [6, 6.07) is 11.8. The van der Waals surface area contributed by atoms with Crippen LogP contribution in [0.15, 0.2) is 42.6 Å². The largest absolute Gasteiger partial charge is 0.324 e. The molecule has 1 aromatic carbocycles. The Hall–Kier alpha value is -2.89. The Morgan fingerprint density at radius 1 is 1.08 bits per heavy atom. The average Bonchev–Trinajstić information content (AvgIpc) is 3.05. The molecule has 0 bridgehead atoms. The number of amides is 1. The molecule has 1 N–H and O–H groups in total. The van der Waals surface area contributed by atoms with Gasteiger partial charge in [0.05, 0.1) is 12.2 Å². The van der Waals surface area contributed by atoms with Crippen LogP contribution in [0, 0.1) is 20.8 Å². The third kappa shape index (κ3) is 3.71. The number of nitrogens with zero attached hydrogens (tertiary/aromatic N) is 4. The summed E-state index contributed by atoms with van der Waals surface area (Å²) < 4.78 is 3.64. The van der Waals surface area contributed by atoms with E-state index in [9.17, 15) is 4.79 Å². The molecule has 0 atom stereocenters. The monoisotopic (exact) mass is 323 g/mol. The van der Waals surface area contributed by atoms with Crippen molar-refractivity contribution in [2.45, 2.75) is 33.9 Å². The molecule has 0 fully saturated rings. The first-order valence-corrected chi connectivity index (χ1v) is 7.89. The second kappa shape index (κ2) is 6.70. The fourth-order valence-electron chi connectivity index (χ4n) is 2.66. The van der Waals surface area contributed by atoms with Gasteiger partial charge in [-0.2, -0.15) is 10.2 Å². The summed E-state index contributed by atoms with van der Waals surface area (Å²) >= 11 is 0. The third-order valence-electron chi connectivity index (χ3n) is 3.87. The summed E-state index contributed by atoms with van der Waals surface area (Å²) in [6.45, 7) is 6.84. The van der Waals surface area contributed by atoms with E-state index < -0.39 is 0 Å². The molecule has 0 saturated carbocycles. The van der Waals surface area contributed by atoms with Crippen LogP contribution in [0.25, 0.3) is 0 Å². The molecular weight excluding hydrogens is 302 g/mol. The van der Waals surface area contributed by atoms with E-state index >= 15 is 0 Å². The minimum atomic E-state index is -0.0925. The summed E-state index contributed by atoms with van der Waals surface area (Å²) in [6.07, 6.45) is 1.69. The van der Waals surface area contributed by atoms with E-state index in [4.69, 9.17) is 0 Å². The van der Waals surface area contributed by atoms with Gasteiger partial charge in [-0.15, -0.1) is 0 Å². The quantitative estimate of drug-likeness (QED) is 0.785. The predicted molar refractivity (Wildman–Crippen MR) is 92.8 cm³/mol. The lowest BCUT2D eigenvalue weighted by molar-refractivity contribution is -0.116. The van der Waals surface area contributed by atoms with E-state index in [1.54, 1.807) is 10.9 Å². The lowest BCUT2D eigenvalue weighted by Crippen LogP contribution is -2.20. The number of benzene rings is 1. The zero-order valence-electron chi connectivity index (χ0n) is 14.2. The van der Waals surface area contributed by atoms with Crippen molar-refractivity contribution in [3.63, 3.8) is 0 Å². The van der Waals surface area contributed by atoms with Crippen molar-refractivity contribution in [3.05, 3.63) is 65.2 Å². The Kier molecular flexibility index (Phi) is 4.46. The van der Waals surface area contributed by atoms with Crippen molar-refractivity contribution in [1.29, 1.82) is 0 Å². The van der Waals surface area contributed by atoms with Crippen LogP contribution in [-0.2, 0) is 17.9 Å². The molecule has 0 saturated heterocycles. The van der Waals surface area contributed by atoms with E-state index in [1.807, 2.05) is 55.8 Å². The zero-order chi connectivity index (χ0) is 17.1. The van der Waals surface area contributed by atoms with Crippen LogP contribution in [0.1, 0.15) is 22.6 Å². The fourth-order valence-corrected chi connectivity index (χ4v) is 2.66. The van der Waals surface area contributed by atoms with Gasteiger partial charge in [0, 0.05) is 23.3 Å². The third-order valence-corrected chi connectivity index (χ3v) is 3.87. The van der Waals surface area contributed by atoms with Crippen molar-refractivity contribution in [2.75, 3.05) is 5.32 Å². The topological polar surface area (TPSA) is 64.7 Å². The van der Waals surface area contributed by atoms with Crippen LogP contribution < -0.4 is 5.32 Å². The lowest BCUT2D eigenvalue weighted by atomic mass is 10.2. The zero-order valence-corrected chi connectivity index (χ0v) is 14.2. The number of nitrogens with one attached hydrogen (secondary N) is 1. The van der Waals surface area contributed by atoms with Crippen molar-refractivity contribution in [3.8, 4) is 0 Å². The molecule has 6 heteroatoms. The minimum absolute atomic E-state index is 0.0925. The molecule has 0 aliphatic carbocycles. The molecule has 6 nitrogen and oxygen atoms in total. The number of aryl methyl sites for hydroxylation is 3. The highest BCUT2D eigenvalue weighted by Gasteiger charge is 2.07. The van der Waals surface area contributed by atoms with Gasteiger partial charge in [-0.05, 0) is 50.6 Å². The van der Waals surface area contributed by atoms with Crippen molar-refractivity contribution in [1.82, 2.24) is 19.6 Å². The molecule has 0 unspecified atom stereocenters. The molecule has 1 amide bonds. The second-order valence-electron chi connectivity index (χ2n) is 5.96. The molecule has 2 heterocycles. The number of carbonyl (C=O) groups excluding carboxylic acids is 1. The molecule has 0 spiro atoms. The van der Waals surface area contributed by atoms with Gasteiger partial charge in [0.15, 0.2) is 0 Å². The molecule has 124 valence electrons. The molecule has 24 heavy (non-hydrogen) atoms. The highest BCUT2D eigenvalue weighted by Crippen LogP contribution is 2.13. The van der Waals surface area contributed by atoms with Crippen molar-refractivity contribution < 1.29 is 4.79 Å². The van der Waals surface area contributed by atoms with Crippen LogP contribution in [0.5, 0.6) is 0 Å². The molecule has 2 aromatic heterocycles. The molecule has 0 aliphatic heterocycles. The molecule has 3 aromatic rings. The number of anilines is 1. The summed E-state index contributed by atoms with van der Waals surface area (Å²) in [5, 5.41) is 11.5. The molecular formula is C18H21N5O. The Labute approximate surface area is 141 Å². The SMILES string of the molecule is Cc1cc(C)n(Cc2cccc(NC(=O)Cn3nccc3C)c2)n1. The summed E-state index contributed by atoms with van der Waals surface area (Å²) in [7, 11) is 0.